The van der Waals surface area contributed by atoms with Gasteiger partial charge in [-0.1, -0.05) is 97.9 Å². The lowest BCUT2D eigenvalue weighted by atomic mass is 9.95. The van der Waals surface area contributed by atoms with Crippen molar-refractivity contribution in [3.05, 3.63) is 156 Å². The van der Waals surface area contributed by atoms with Gasteiger partial charge in [-0.15, -0.1) is 0 Å². The molecule has 0 aliphatic heterocycles. The van der Waals surface area contributed by atoms with E-state index >= 15 is 0 Å². The van der Waals surface area contributed by atoms with Gasteiger partial charge in [-0.05, 0) is 76.9 Å². The molecule has 5 aromatic rings. The minimum absolute atomic E-state index is 0.239. The topological polar surface area (TPSA) is 29.5 Å². The summed E-state index contributed by atoms with van der Waals surface area (Å²) in [6, 6.07) is 47.4. The smallest absolute Gasteiger partial charge is 0.310 e. The third-order valence-electron chi connectivity index (χ3n) is 6.26. The van der Waals surface area contributed by atoms with Gasteiger partial charge in [-0.2, -0.15) is 0 Å². The van der Waals surface area contributed by atoms with Gasteiger partial charge < -0.3 is 9.64 Å². The summed E-state index contributed by atoms with van der Waals surface area (Å²) in [6.45, 7) is 1.79. The predicted molar refractivity (Wildman–Crippen MR) is 157 cm³/mol. The summed E-state index contributed by atoms with van der Waals surface area (Å²) in [5.74, 6) is 0.316. The van der Waals surface area contributed by atoms with E-state index in [1.54, 1.807) is 6.92 Å². The Morgan fingerprint density at radius 3 is 1.61 bits per heavy atom. The van der Waals surface area contributed by atoms with E-state index in [9.17, 15) is 4.79 Å². The van der Waals surface area contributed by atoms with Gasteiger partial charge in [-0.25, -0.2) is 0 Å². The number of carbonyl (C=O) groups is 1. The molecule has 0 spiro atoms. The Kier molecular flexibility index (Phi) is 7.76. The number of esters is 1. The van der Waals surface area contributed by atoms with E-state index in [2.05, 4.69) is 95.9 Å². The van der Waals surface area contributed by atoms with Crippen molar-refractivity contribution in [3.8, 4) is 5.75 Å². The lowest BCUT2D eigenvalue weighted by Crippen LogP contribution is -2.09. The number of para-hydroxylation sites is 2. The molecule has 3 heteroatoms. The van der Waals surface area contributed by atoms with Crippen LogP contribution in [0.3, 0.4) is 0 Å². The summed E-state index contributed by atoms with van der Waals surface area (Å²) >= 11 is 0. The number of benzene rings is 5. The highest BCUT2D eigenvalue weighted by Gasteiger charge is 2.12. The van der Waals surface area contributed by atoms with Crippen LogP contribution in [0.15, 0.2) is 140 Å². The molecule has 5 rings (SSSR count). The molecule has 0 unspecified atom stereocenters. The fraction of sp³-hybridized carbons (Fsp3) is 0.0571. The fourth-order valence-electron chi connectivity index (χ4n) is 4.34. The SMILES string of the molecule is CCC(=O)Oc1ccc(C(=Cc2ccc(N(c3ccccc3)c3ccccc3)cc2)c2ccccc2)cc1. The number of ether oxygens (including phenoxy) is 1. The first-order chi connectivity index (χ1) is 18.7. The molecule has 5 aromatic carbocycles. The second kappa shape index (κ2) is 11.9. The van der Waals surface area contributed by atoms with E-state index in [-0.39, 0.29) is 5.97 Å². The van der Waals surface area contributed by atoms with E-state index in [1.807, 2.05) is 54.6 Å². The maximum atomic E-state index is 11.7. The molecule has 0 saturated heterocycles. The summed E-state index contributed by atoms with van der Waals surface area (Å²) in [4.78, 5) is 13.9. The maximum Gasteiger partial charge on any atom is 0.310 e. The Bertz CT molecular complexity index is 1450. The molecule has 186 valence electrons. The number of hydrogen-bond acceptors (Lipinski definition) is 3. The van der Waals surface area contributed by atoms with Crippen LogP contribution >= 0.6 is 0 Å². The largest absolute Gasteiger partial charge is 0.427 e. The van der Waals surface area contributed by atoms with Crippen LogP contribution in [0.4, 0.5) is 17.1 Å². The van der Waals surface area contributed by atoms with E-state index in [4.69, 9.17) is 4.74 Å². The second-order valence-corrected chi connectivity index (χ2v) is 8.87. The molecule has 0 radical (unpaired) electrons. The Morgan fingerprint density at radius 2 is 1.08 bits per heavy atom. The molecular weight excluding hydrogens is 466 g/mol. The van der Waals surface area contributed by atoms with Gasteiger partial charge in [-0.3, -0.25) is 4.79 Å². The summed E-state index contributed by atoms with van der Waals surface area (Å²) in [6.07, 6.45) is 2.54. The van der Waals surface area contributed by atoms with Gasteiger partial charge in [0.05, 0.1) is 0 Å². The van der Waals surface area contributed by atoms with Crippen molar-refractivity contribution in [2.45, 2.75) is 13.3 Å². The average molecular weight is 496 g/mol. The number of anilines is 3. The van der Waals surface area contributed by atoms with E-state index in [0.717, 1.165) is 39.3 Å². The van der Waals surface area contributed by atoms with Crippen molar-refractivity contribution in [1.29, 1.82) is 0 Å². The van der Waals surface area contributed by atoms with E-state index in [0.29, 0.717) is 12.2 Å². The van der Waals surface area contributed by atoms with Crippen LogP contribution in [0.2, 0.25) is 0 Å². The number of carbonyl (C=O) groups excluding carboxylic acids is 1. The van der Waals surface area contributed by atoms with Gasteiger partial charge in [0, 0.05) is 23.5 Å². The van der Waals surface area contributed by atoms with E-state index in [1.165, 1.54) is 0 Å². The molecule has 0 N–H and O–H groups in total. The molecule has 3 nitrogen and oxygen atoms in total. The van der Waals surface area contributed by atoms with Crippen LogP contribution in [0.1, 0.15) is 30.0 Å². The molecule has 0 bridgehead atoms. The van der Waals surface area contributed by atoms with Crippen molar-refractivity contribution >= 4 is 34.7 Å². The first-order valence-electron chi connectivity index (χ1n) is 12.8. The van der Waals surface area contributed by atoms with Crippen LogP contribution in [0, 0.1) is 0 Å². The molecule has 0 fully saturated rings. The summed E-state index contributed by atoms with van der Waals surface area (Å²) in [7, 11) is 0. The van der Waals surface area contributed by atoms with Gasteiger partial charge in [0.1, 0.15) is 5.75 Å². The molecule has 0 heterocycles. The summed E-state index contributed by atoms with van der Waals surface area (Å²) in [5.41, 5.74) is 7.65. The van der Waals surface area contributed by atoms with Gasteiger partial charge >= 0.3 is 5.97 Å². The zero-order valence-corrected chi connectivity index (χ0v) is 21.3. The van der Waals surface area contributed by atoms with Crippen LogP contribution in [-0.4, -0.2) is 5.97 Å². The quantitative estimate of drug-likeness (QED) is 0.122. The van der Waals surface area contributed by atoms with Crippen molar-refractivity contribution < 1.29 is 9.53 Å². The van der Waals surface area contributed by atoms with Crippen molar-refractivity contribution in [2.75, 3.05) is 4.90 Å². The van der Waals surface area contributed by atoms with Crippen molar-refractivity contribution in [1.82, 2.24) is 0 Å². The predicted octanol–water partition coefficient (Wildman–Crippen LogP) is 9.06. The molecule has 0 aliphatic rings. The molecule has 0 saturated carbocycles. The van der Waals surface area contributed by atoms with Gasteiger partial charge in [0.25, 0.3) is 0 Å². The number of nitrogens with zero attached hydrogens (tertiary/aromatic N) is 1. The normalized spacial score (nSPS) is 11.1. The lowest BCUT2D eigenvalue weighted by Gasteiger charge is -2.25. The summed E-state index contributed by atoms with van der Waals surface area (Å²) < 4.78 is 5.37. The van der Waals surface area contributed by atoms with Crippen molar-refractivity contribution in [2.24, 2.45) is 0 Å². The van der Waals surface area contributed by atoms with Crippen LogP contribution in [0.25, 0.3) is 11.6 Å². The first-order valence-corrected chi connectivity index (χ1v) is 12.8. The van der Waals surface area contributed by atoms with Crippen LogP contribution < -0.4 is 9.64 Å². The molecule has 0 aromatic heterocycles. The molecule has 0 amide bonds. The molecule has 38 heavy (non-hydrogen) atoms. The molecule has 0 aliphatic carbocycles. The highest BCUT2D eigenvalue weighted by molar-refractivity contribution is 5.92. The molecular formula is C35H29NO2. The highest BCUT2D eigenvalue weighted by atomic mass is 16.5. The average Bonchev–Trinajstić information content (AvgIpc) is 2.99. The third kappa shape index (κ3) is 5.91. The highest BCUT2D eigenvalue weighted by Crippen LogP contribution is 2.35. The zero-order valence-electron chi connectivity index (χ0n) is 21.3. The van der Waals surface area contributed by atoms with Crippen LogP contribution in [-0.2, 0) is 4.79 Å². The number of rotatable bonds is 8. The zero-order chi connectivity index (χ0) is 26.2. The van der Waals surface area contributed by atoms with Crippen LogP contribution in [0.5, 0.6) is 5.75 Å². The van der Waals surface area contributed by atoms with Gasteiger partial charge in [0.2, 0.25) is 0 Å². The Morgan fingerprint density at radius 1 is 0.605 bits per heavy atom. The first kappa shape index (κ1) is 24.8. The minimum atomic E-state index is -0.239. The fourth-order valence-corrected chi connectivity index (χ4v) is 4.34. The van der Waals surface area contributed by atoms with Crippen molar-refractivity contribution in [3.63, 3.8) is 0 Å². The lowest BCUT2D eigenvalue weighted by molar-refractivity contribution is -0.134. The standard InChI is InChI=1S/C35H29NO2/c1-2-35(37)38-33-24-20-29(21-25-33)34(28-12-6-3-7-13-28)26-27-18-22-32(23-19-27)36(30-14-8-4-9-15-30)31-16-10-5-11-17-31/h3-26H,2H2,1H3. The minimum Gasteiger partial charge on any atom is -0.427 e. The second-order valence-electron chi connectivity index (χ2n) is 8.87. The number of hydrogen-bond donors (Lipinski definition) is 0. The monoisotopic (exact) mass is 495 g/mol. The Hall–Kier alpha value is -4.89. The third-order valence-corrected chi connectivity index (χ3v) is 6.26. The van der Waals surface area contributed by atoms with E-state index < -0.39 is 0 Å². The molecule has 0 atom stereocenters. The van der Waals surface area contributed by atoms with Gasteiger partial charge in [0.15, 0.2) is 0 Å². The summed E-state index contributed by atoms with van der Waals surface area (Å²) in [5, 5.41) is 0. The maximum absolute atomic E-state index is 11.7. The Labute approximate surface area is 224 Å². The Balaban J connectivity index is 1.50.